The first kappa shape index (κ1) is 15.1. The van der Waals surface area contributed by atoms with Crippen molar-refractivity contribution in [3.8, 4) is 0 Å². The van der Waals surface area contributed by atoms with E-state index in [4.69, 9.17) is 18.0 Å². The average molecular weight is 329 g/mol. The third-order valence-electron chi connectivity index (χ3n) is 2.81. The van der Waals surface area contributed by atoms with Crippen molar-refractivity contribution in [2.45, 2.75) is 20.4 Å². The Hall–Kier alpha value is -0.940. The molecule has 0 aliphatic heterocycles. The van der Waals surface area contributed by atoms with Gasteiger partial charge >= 0.3 is 0 Å². The molecule has 1 aromatic rings. The summed E-state index contributed by atoms with van der Waals surface area (Å²) in [6, 6.07) is 7.85. The Morgan fingerprint density at radius 1 is 1.50 bits per heavy atom. The van der Waals surface area contributed by atoms with Gasteiger partial charge in [-0.25, -0.2) is 0 Å². The fraction of sp³-hybridized carbons (Fsp3) is 0.385. The molecule has 98 valence electrons. The van der Waals surface area contributed by atoms with Crippen LogP contribution in [0.2, 0.25) is 0 Å². The topological polar surface area (TPSA) is 46.3 Å². The fourth-order valence-electron chi connectivity index (χ4n) is 1.56. The number of halogens is 1. The Morgan fingerprint density at radius 3 is 2.61 bits per heavy atom. The van der Waals surface area contributed by atoms with Gasteiger partial charge in [0.05, 0.1) is 10.4 Å². The monoisotopic (exact) mass is 328 g/mol. The van der Waals surface area contributed by atoms with Crippen LogP contribution < -0.4 is 5.73 Å². The second-order valence-corrected chi connectivity index (χ2v) is 6.14. The highest BCUT2D eigenvalue weighted by molar-refractivity contribution is 9.10. The van der Waals surface area contributed by atoms with Crippen LogP contribution in [0.15, 0.2) is 28.7 Å². The molecule has 0 unspecified atom stereocenters. The largest absolute Gasteiger partial charge is 0.392 e. The van der Waals surface area contributed by atoms with Crippen LogP contribution in [-0.4, -0.2) is 22.8 Å². The summed E-state index contributed by atoms with van der Waals surface area (Å²) in [5, 5.41) is 0. The van der Waals surface area contributed by atoms with Crippen LogP contribution in [0.1, 0.15) is 19.4 Å². The molecule has 0 aliphatic carbocycles. The Bertz CT molecular complexity index is 474. The van der Waals surface area contributed by atoms with Crippen LogP contribution in [0.5, 0.6) is 0 Å². The minimum absolute atomic E-state index is 0.0741. The van der Waals surface area contributed by atoms with Gasteiger partial charge in [-0.2, -0.15) is 0 Å². The standard InChI is InChI=1S/C13H17BrN2OS/c1-13(2,11(15)18)12(17)16(3)8-9-5-4-6-10(14)7-9/h4-7H,8H2,1-3H3,(H2,15,18). The van der Waals surface area contributed by atoms with Gasteiger partial charge in [-0.15, -0.1) is 0 Å². The molecule has 5 heteroatoms. The van der Waals surface area contributed by atoms with Crippen molar-refractivity contribution in [1.29, 1.82) is 0 Å². The summed E-state index contributed by atoms with van der Waals surface area (Å²) in [5.41, 5.74) is 5.85. The number of nitrogens with two attached hydrogens (primary N) is 1. The number of hydrogen-bond acceptors (Lipinski definition) is 2. The van der Waals surface area contributed by atoms with Gasteiger partial charge in [0, 0.05) is 18.1 Å². The molecule has 0 radical (unpaired) electrons. The molecule has 0 heterocycles. The Morgan fingerprint density at radius 2 is 2.11 bits per heavy atom. The molecule has 0 aliphatic rings. The highest BCUT2D eigenvalue weighted by Gasteiger charge is 2.33. The second-order valence-electron chi connectivity index (χ2n) is 4.78. The summed E-state index contributed by atoms with van der Waals surface area (Å²) >= 11 is 8.34. The van der Waals surface area contributed by atoms with Crippen molar-refractivity contribution in [1.82, 2.24) is 4.90 Å². The van der Waals surface area contributed by atoms with Crippen LogP contribution >= 0.6 is 28.1 Å². The zero-order valence-corrected chi connectivity index (χ0v) is 13.1. The van der Waals surface area contributed by atoms with E-state index in [0.717, 1.165) is 10.0 Å². The van der Waals surface area contributed by atoms with E-state index in [0.29, 0.717) is 6.54 Å². The van der Waals surface area contributed by atoms with Crippen molar-refractivity contribution < 1.29 is 4.79 Å². The lowest BCUT2D eigenvalue weighted by Crippen LogP contribution is -2.45. The molecular formula is C13H17BrN2OS. The van der Waals surface area contributed by atoms with Crippen molar-refractivity contribution in [3.63, 3.8) is 0 Å². The first-order valence-electron chi connectivity index (χ1n) is 5.55. The van der Waals surface area contributed by atoms with Gasteiger partial charge in [0.25, 0.3) is 0 Å². The maximum absolute atomic E-state index is 12.2. The quantitative estimate of drug-likeness (QED) is 0.864. The number of nitrogens with zero attached hydrogens (tertiary/aromatic N) is 1. The molecule has 18 heavy (non-hydrogen) atoms. The first-order chi connectivity index (χ1) is 8.25. The average Bonchev–Trinajstić information content (AvgIpc) is 2.27. The highest BCUT2D eigenvalue weighted by Crippen LogP contribution is 2.20. The third-order valence-corrected chi connectivity index (χ3v) is 3.81. The van der Waals surface area contributed by atoms with E-state index < -0.39 is 5.41 Å². The molecule has 0 bridgehead atoms. The third kappa shape index (κ3) is 3.53. The summed E-state index contributed by atoms with van der Waals surface area (Å²) in [5.74, 6) is -0.0741. The van der Waals surface area contributed by atoms with Gasteiger partial charge in [-0.3, -0.25) is 4.79 Å². The molecule has 0 fully saturated rings. The number of rotatable bonds is 4. The van der Waals surface area contributed by atoms with Gasteiger partial charge in [-0.1, -0.05) is 40.3 Å². The number of carbonyl (C=O) groups excluding carboxylic acids is 1. The fourth-order valence-corrected chi connectivity index (χ4v) is 2.10. The van der Waals surface area contributed by atoms with Gasteiger partial charge in [0.2, 0.25) is 5.91 Å². The zero-order valence-electron chi connectivity index (χ0n) is 10.7. The van der Waals surface area contributed by atoms with E-state index >= 15 is 0 Å². The molecule has 0 spiro atoms. The molecule has 0 aromatic heterocycles. The van der Waals surface area contributed by atoms with Gasteiger partial charge in [-0.05, 0) is 31.5 Å². The maximum Gasteiger partial charge on any atom is 0.235 e. The predicted octanol–water partition coefficient (Wildman–Crippen LogP) is 2.72. The van der Waals surface area contributed by atoms with E-state index in [1.807, 2.05) is 24.3 Å². The normalized spacial score (nSPS) is 11.1. The Balaban J connectivity index is 2.80. The molecule has 2 N–H and O–H groups in total. The molecule has 0 saturated carbocycles. The SMILES string of the molecule is CN(Cc1cccc(Br)c1)C(=O)C(C)(C)C(N)=S. The van der Waals surface area contributed by atoms with E-state index in [1.54, 1.807) is 25.8 Å². The van der Waals surface area contributed by atoms with Crippen molar-refractivity contribution in [3.05, 3.63) is 34.3 Å². The lowest BCUT2D eigenvalue weighted by atomic mass is 9.91. The molecule has 1 rings (SSSR count). The Labute approximate surface area is 121 Å². The highest BCUT2D eigenvalue weighted by atomic mass is 79.9. The lowest BCUT2D eigenvalue weighted by molar-refractivity contribution is -0.136. The summed E-state index contributed by atoms with van der Waals surface area (Å²) in [4.78, 5) is 14.1. The predicted molar refractivity (Wildman–Crippen MR) is 81.2 cm³/mol. The number of benzene rings is 1. The van der Waals surface area contributed by atoms with Gasteiger partial charge in [0.1, 0.15) is 0 Å². The van der Waals surface area contributed by atoms with Crippen LogP contribution in [0.3, 0.4) is 0 Å². The van der Waals surface area contributed by atoms with E-state index in [1.165, 1.54) is 0 Å². The van der Waals surface area contributed by atoms with Crippen molar-refractivity contribution >= 4 is 39.0 Å². The van der Waals surface area contributed by atoms with E-state index in [2.05, 4.69) is 15.9 Å². The minimum atomic E-state index is -0.809. The van der Waals surface area contributed by atoms with E-state index in [9.17, 15) is 4.79 Å². The summed E-state index contributed by atoms with van der Waals surface area (Å²) < 4.78 is 0.995. The first-order valence-corrected chi connectivity index (χ1v) is 6.75. The maximum atomic E-state index is 12.2. The number of carbonyl (C=O) groups is 1. The summed E-state index contributed by atoms with van der Waals surface area (Å²) in [6.07, 6.45) is 0. The smallest absolute Gasteiger partial charge is 0.235 e. The number of amides is 1. The molecule has 0 saturated heterocycles. The number of thiocarbonyl (C=S) groups is 1. The van der Waals surface area contributed by atoms with Gasteiger partial charge < -0.3 is 10.6 Å². The lowest BCUT2D eigenvalue weighted by Gasteiger charge is -2.28. The van der Waals surface area contributed by atoms with Crippen LogP contribution in [-0.2, 0) is 11.3 Å². The molecule has 3 nitrogen and oxygen atoms in total. The van der Waals surface area contributed by atoms with Crippen molar-refractivity contribution in [2.24, 2.45) is 11.1 Å². The van der Waals surface area contributed by atoms with Crippen LogP contribution in [0.25, 0.3) is 0 Å². The Kier molecular flexibility index (Phi) is 4.87. The summed E-state index contributed by atoms with van der Waals surface area (Å²) in [7, 11) is 1.75. The van der Waals surface area contributed by atoms with Crippen molar-refractivity contribution in [2.75, 3.05) is 7.05 Å². The summed E-state index contributed by atoms with van der Waals surface area (Å²) in [6.45, 7) is 4.02. The van der Waals surface area contributed by atoms with Gasteiger partial charge in [0.15, 0.2) is 0 Å². The molecule has 1 amide bonds. The molecular weight excluding hydrogens is 312 g/mol. The minimum Gasteiger partial charge on any atom is -0.392 e. The number of hydrogen-bond donors (Lipinski definition) is 1. The second kappa shape index (κ2) is 5.80. The molecule has 0 atom stereocenters. The van der Waals surface area contributed by atoms with Crippen LogP contribution in [0.4, 0.5) is 0 Å². The van der Waals surface area contributed by atoms with Crippen LogP contribution in [0, 0.1) is 5.41 Å². The zero-order chi connectivity index (χ0) is 13.9. The van der Waals surface area contributed by atoms with E-state index in [-0.39, 0.29) is 10.9 Å². The molecule has 1 aromatic carbocycles.